The molecule has 78 valence electrons. The third-order valence-corrected chi connectivity index (χ3v) is 2.53. The first-order chi connectivity index (χ1) is 5.96. The summed E-state index contributed by atoms with van der Waals surface area (Å²) < 4.78 is 0. The summed E-state index contributed by atoms with van der Waals surface area (Å²) in [5, 5.41) is 11.0. The van der Waals surface area contributed by atoms with E-state index in [2.05, 4.69) is 12.2 Å². The van der Waals surface area contributed by atoms with Crippen molar-refractivity contribution in [2.45, 2.75) is 45.7 Å². The van der Waals surface area contributed by atoms with Gasteiger partial charge in [0, 0.05) is 0 Å². The fourth-order valence-electron chi connectivity index (χ4n) is 1.45. The molecule has 0 aliphatic heterocycles. The van der Waals surface area contributed by atoms with Crippen LogP contribution in [0, 0.1) is 5.92 Å². The third-order valence-electron chi connectivity index (χ3n) is 2.53. The van der Waals surface area contributed by atoms with Crippen LogP contribution >= 0.6 is 0 Å². The maximum Gasteiger partial charge on any atom is 0.406 e. The largest absolute Gasteiger partial charge is 0.465 e. The first-order valence-corrected chi connectivity index (χ1v) is 4.76. The molecule has 0 radical (unpaired) electrons. The second-order valence-electron chi connectivity index (χ2n) is 3.51. The number of hydrogen-bond acceptors (Lipinski definition) is 2. The van der Waals surface area contributed by atoms with Gasteiger partial charge in [-0.2, -0.15) is 0 Å². The monoisotopic (exact) mass is 188 g/mol. The van der Waals surface area contributed by atoms with E-state index in [1.807, 2.05) is 13.8 Å². The molecule has 0 aromatic heterocycles. The summed E-state index contributed by atoms with van der Waals surface area (Å²) in [6, 6.07) is 0. The van der Waals surface area contributed by atoms with Crippen molar-refractivity contribution in [3.63, 3.8) is 0 Å². The van der Waals surface area contributed by atoms with Crippen molar-refractivity contribution in [1.29, 1.82) is 0 Å². The highest BCUT2D eigenvalue weighted by Crippen LogP contribution is 2.20. The molecule has 0 rings (SSSR count). The highest BCUT2D eigenvalue weighted by Gasteiger charge is 2.30. The lowest BCUT2D eigenvalue weighted by atomic mass is 9.89. The van der Waals surface area contributed by atoms with Gasteiger partial charge in [0.05, 0.1) is 5.66 Å². The summed E-state index contributed by atoms with van der Waals surface area (Å²) in [5.41, 5.74) is 5.16. The van der Waals surface area contributed by atoms with Crippen LogP contribution in [0.2, 0.25) is 0 Å². The molecule has 1 amide bonds. The zero-order valence-electron chi connectivity index (χ0n) is 8.63. The molecule has 0 aromatic rings. The molecule has 0 heterocycles. The van der Waals surface area contributed by atoms with Gasteiger partial charge in [0.25, 0.3) is 0 Å². The summed E-state index contributed by atoms with van der Waals surface area (Å²) in [6.07, 6.45) is 1.51. The molecule has 13 heavy (non-hydrogen) atoms. The van der Waals surface area contributed by atoms with Crippen LogP contribution in [-0.4, -0.2) is 16.9 Å². The van der Waals surface area contributed by atoms with Gasteiger partial charge >= 0.3 is 6.09 Å². The Morgan fingerprint density at radius 3 is 2.46 bits per heavy atom. The number of nitrogens with two attached hydrogens (primary N) is 1. The highest BCUT2D eigenvalue weighted by atomic mass is 16.4. The molecule has 4 nitrogen and oxygen atoms in total. The SMILES string of the molecule is CCCC(C)C(N)(CC)NC(=O)O. The maximum atomic E-state index is 10.5. The number of amides is 1. The molecule has 4 N–H and O–H groups in total. The third kappa shape index (κ3) is 3.63. The lowest BCUT2D eigenvalue weighted by molar-refractivity contribution is 0.154. The van der Waals surface area contributed by atoms with Crippen LogP contribution in [0.1, 0.15) is 40.0 Å². The molecule has 0 saturated carbocycles. The zero-order valence-corrected chi connectivity index (χ0v) is 8.63. The van der Waals surface area contributed by atoms with Crippen molar-refractivity contribution >= 4 is 6.09 Å². The molecule has 0 aromatic carbocycles. The molecule has 4 heteroatoms. The number of hydrogen-bond donors (Lipinski definition) is 3. The van der Waals surface area contributed by atoms with Crippen LogP contribution < -0.4 is 11.1 Å². The van der Waals surface area contributed by atoms with Crippen molar-refractivity contribution in [2.24, 2.45) is 11.7 Å². The van der Waals surface area contributed by atoms with E-state index >= 15 is 0 Å². The van der Waals surface area contributed by atoms with Crippen LogP contribution in [0.15, 0.2) is 0 Å². The van der Waals surface area contributed by atoms with Crippen LogP contribution in [0.25, 0.3) is 0 Å². The van der Waals surface area contributed by atoms with E-state index in [0.717, 1.165) is 12.8 Å². The highest BCUT2D eigenvalue weighted by molar-refractivity contribution is 5.65. The topological polar surface area (TPSA) is 75.3 Å². The Kier molecular flexibility index (Phi) is 4.77. The Labute approximate surface area is 79.5 Å². The van der Waals surface area contributed by atoms with Gasteiger partial charge in [-0.25, -0.2) is 4.79 Å². The Bertz CT molecular complexity index is 173. The predicted molar refractivity (Wildman–Crippen MR) is 52.4 cm³/mol. The Balaban J connectivity index is 4.32. The molecule has 0 spiro atoms. The summed E-state index contributed by atoms with van der Waals surface area (Å²) in [7, 11) is 0. The van der Waals surface area contributed by atoms with Crippen LogP contribution in [0.3, 0.4) is 0 Å². The Morgan fingerprint density at radius 2 is 2.15 bits per heavy atom. The zero-order chi connectivity index (χ0) is 10.5. The molecular formula is C9H20N2O2. The molecule has 0 fully saturated rings. The number of carbonyl (C=O) groups is 1. The molecule has 2 unspecified atom stereocenters. The van der Waals surface area contributed by atoms with Crippen molar-refractivity contribution < 1.29 is 9.90 Å². The first-order valence-electron chi connectivity index (χ1n) is 4.76. The minimum atomic E-state index is -1.05. The second-order valence-corrected chi connectivity index (χ2v) is 3.51. The summed E-state index contributed by atoms with van der Waals surface area (Å²) in [5.74, 6) is 0.165. The van der Waals surface area contributed by atoms with Gasteiger partial charge in [0.1, 0.15) is 0 Å². The van der Waals surface area contributed by atoms with Gasteiger partial charge in [0.2, 0.25) is 0 Å². The van der Waals surface area contributed by atoms with E-state index in [1.54, 1.807) is 0 Å². The normalized spacial score (nSPS) is 17.5. The maximum absolute atomic E-state index is 10.5. The van der Waals surface area contributed by atoms with E-state index in [9.17, 15) is 4.79 Å². The predicted octanol–water partition coefficient (Wildman–Crippen LogP) is 1.76. The van der Waals surface area contributed by atoms with E-state index in [4.69, 9.17) is 10.8 Å². The average molecular weight is 188 g/mol. The molecule has 0 bridgehead atoms. The quantitative estimate of drug-likeness (QED) is 0.575. The van der Waals surface area contributed by atoms with Gasteiger partial charge in [-0.05, 0) is 18.8 Å². The number of rotatable bonds is 5. The lowest BCUT2D eigenvalue weighted by Crippen LogP contribution is -2.59. The summed E-state index contributed by atoms with van der Waals surface area (Å²) in [4.78, 5) is 10.5. The van der Waals surface area contributed by atoms with Crippen molar-refractivity contribution in [3.8, 4) is 0 Å². The van der Waals surface area contributed by atoms with Crippen molar-refractivity contribution in [2.75, 3.05) is 0 Å². The Morgan fingerprint density at radius 1 is 1.62 bits per heavy atom. The molecule has 0 saturated heterocycles. The van der Waals surface area contributed by atoms with Crippen LogP contribution in [0.4, 0.5) is 4.79 Å². The first kappa shape index (κ1) is 12.2. The van der Waals surface area contributed by atoms with E-state index in [0.29, 0.717) is 6.42 Å². The standard InChI is InChI=1S/C9H20N2O2/c1-4-6-7(3)9(10,5-2)11-8(12)13/h7,11H,4-6,10H2,1-3H3,(H,12,13). The lowest BCUT2D eigenvalue weighted by Gasteiger charge is -2.34. The molecule has 2 atom stereocenters. The van der Waals surface area contributed by atoms with Crippen molar-refractivity contribution in [1.82, 2.24) is 5.32 Å². The minimum absolute atomic E-state index is 0.165. The van der Waals surface area contributed by atoms with Crippen LogP contribution in [-0.2, 0) is 0 Å². The Hall–Kier alpha value is -0.770. The fourth-order valence-corrected chi connectivity index (χ4v) is 1.45. The van der Waals surface area contributed by atoms with E-state index < -0.39 is 11.8 Å². The van der Waals surface area contributed by atoms with E-state index in [1.165, 1.54) is 0 Å². The summed E-state index contributed by atoms with van der Waals surface area (Å²) in [6.45, 7) is 5.93. The fraction of sp³-hybridized carbons (Fsp3) is 0.889. The van der Waals surface area contributed by atoms with Gasteiger partial charge in [-0.15, -0.1) is 0 Å². The summed E-state index contributed by atoms with van der Waals surface area (Å²) >= 11 is 0. The molecule has 0 aliphatic carbocycles. The van der Waals surface area contributed by atoms with Gasteiger partial charge in [-0.1, -0.05) is 27.2 Å². The average Bonchev–Trinajstić information content (AvgIpc) is 2.03. The number of carboxylic acid groups (broad SMARTS) is 1. The molecule has 0 aliphatic rings. The van der Waals surface area contributed by atoms with Gasteiger partial charge in [-0.3, -0.25) is 0 Å². The molecular weight excluding hydrogens is 168 g/mol. The van der Waals surface area contributed by atoms with Gasteiger partial charge in [0.15, 0.2) is 0 Å². The van der Waals surface area contributed by atoms with Gasteiger partial charge < -0.3 is 16.2 Å². The van der Waals surface area contributed by atoms with Crippen LogP contribution in [0.5, 0.6) is 0 Å². The minimum Gasteiger partial charge on any atom is -0.465 e. The smallest absolute Gasteiger partial charge is 0.406 e. The van der Waals surface area contributed by atoms with E-state index in [-0.39, 0.29) is 5.92 Å². The van der Waals surface area contributed by atoms with Crippen molar-refractivity contribution in [3.05, 3.63) is 0 Å². The number of nitrogens with one attached hydrogen (secondary N) is 1. The second kappa shape index (κ2) is 5.07.